The van der Waals surface area contributed by atoms with Gasteiger partial charge in [0, 0.05) is 11.3 Å². The Morgan fingerprint density at radius 2 is 2.04 bits per heavy atom. The third kappa shape index (κ3) is 4.69. The Labute approximate surface area is 152 Å². The van der Waals surface area contributed by atoms with Crippen molar-refractivity contribution in [1.82, 2.24) is 5.32 Å². The summed E-state index contributed by atoms with van der Waals surface area (Å²) in [5.74, 6) is 0.107. The van der Waals surface area contributed by atoms with E-state index in [4.69, 9.17) is 4.74 Å². The molecule has 3 rings (SSSR count). The van der Waals surface area contributed by atoms with Crippen LogP contribution in [0, 0.1) is 0 Å². The number of aliphatic hydroxyl groups excluding tert-OH is 1. The summed E-state index contributed by atoms with van der Waals surface area (Å²) >= 11 is 1.67. The van der Waals surface area contributed by atoms with Crippen LogP contribution in [0.1, 0.15) is 60.8 Å². The van der Waals surface area contributed by atoms with Gasteiger partial charge in [-0.05, 0) is 35.4 Å². The van der Waals surface area contributed by atoms with Crippen molar-refractivity contribution >= 4 is 17.2 Å². The zero-order chi connectivity index (χ0) is 17.6. The van der Waals surface area contributed by atoms with Gasteiger partial charge < -0.3 is 15.2 Å². The second-order valence-electron chi connectivity index (χ2n) is 6.50. The van der Waals surface area contributed by atoms with Gasteiger partial charge in [-0.2, -0.15) is 0 Å². The summed E-state index contributed by atoms with van der Waals surface area (Å²) in [6.45, 7) is 2.58. The van der Waals surface area contributed by atoms with Crippen molar-refractivity contribution in [3.8, 4) is 0 Å². The molecule has 1 aromatic heterocycles. The van der Waals surface area contributed by atoms with Gasteiger partial charge in [-0.25, -0.2) is 0 Å². The van der Waals surface area contributed by atoms with Crippen molar-refractivity contribution in [2.24, 2.45) is 0 Å². The quantitative estimate of drug-likeness (QED) is 0.750. The summed E-state index contributed by atoms with van der Waals surface area (Å²) < 4.78 is 6.19. The maximum atomic E-state index is 11.4. The number of hydrogen-bond acceptors (Lipinski definition) is 4. The summed E-state index contributed by atoms with van der Waals surface area (Å²) in [6.07, 6.45) is 2.59. The molecule has 2 unspecified atom stereocenters. The fraction of sp³-hybridized carbons (Fsp3) is 0.450. The molecule has 1 saturated heterocycles. The molecule has 1 amide bonds. The second kappa shape index (κ2) is 8.61. The van der Waals surface area contributed by atoms with Crippen LogP contribution in [0.25, 0.3) is 0 Å². The van der Waals surface area contributed by atoms with E-state index in [1.165, 1.54) is 0 Å². The van der Waals surface area contributed by atoms with E-state index in [1.54, 1.807) is 11.3 Å². The Bertz CT molecular complexity index is 669. The molecular formula is C20H25NO3S. The standard InChI is InChI=1S/C20H25NO3S/c1-2-4-17(22)14-6-8-15(9-7-14)20(18-5-3-12-25-18)24-13-16-10-11-19(23)21-16/h3,5-9,12,16-17,20,22H,2,4,10-11,13H2,1H3,(H,21,23)/t16?,17?,20-/m1/s1. The van der Waals surface area contributed by atoms with E-state index < -0.39 is 6.10 Å². The minimum absolute atomic E-state index is 0.0978. The summed E-state index contributed by atoms with van der Waals surface area (Å²) in [6, 6.07) is 12.2. The number of benzene rings is 1. The first-order valence-electron chi connectivity index (χ1n) is 8.89. The summed E-state index contributed by atoms with van der Waals surface area (Å²) in [5, 5.41) is 15.1. The third-order valence-electron chi connectivity index (χ3n) is 4.54. The average molecular weight is 359 g/mol. The van der Waals surface area contributed by atoms with Crippen LogP contribution in [0.15, 0.2) is 41.8 Å². The van der Waals surface area contributed by atoms with Crippen molar-refractivity contribution in [1.29, 1.82) is 0 Å². The molecule has 0 saturated carbocycles. The molecule has 0 radical (unpaired) electrons. The lowest BCUT2D eigenvalue weighted by Gasteiger charge is -2.20. The van der Waals surface area contributed by atoms with Gasteiger partial charge >= 0.3 is 0 Å². The highest BCUT2D eigenvalue weighted by molar-refractivity contribution is 7.10. The molecule has 134 valence electrons. The maximum absolute atomic E-state index is 11.4. The Morgan fingerprint density at radius 3 is 2.64 bits per heavy atom. The van der Waals surface area contributed by atoms with Gasteiger partial charge in [-0.1, -0.05) is 43.7 Å². The molecule has 2 N–H and O–H groups in total. The molecule has 1 aliphatic heterocycles. The van der Waals surface area contributed by atoms with Crippen LogP contribution in [0.2, 0.25) is 0 Å². The van der Waals surface area contributed by atoms with E-state index in [0.717, 1.165) is 35.3 Å². The zero-order valence-electron chi connectivity index (χ0n) is 14.5. The van der Waals surface area contributed by atoms with E-state index >= 15 is 0 Å². The number of rotatable bonds is 8. The molecule has 3 atom stereocenters. The SMILES string of the molecule is CCCC(O)c1ccc([C@@H](OCC2CCC(=O)N2)c2cccs2)cc1. The molecule has 0 spiro atoms. The normalized spacial score (nSPS) is 19.6. The Balaban J connectivity index is 1.72. The molecule has 25 heavy (non-hydrogen) atoms. The number of nitrogens with one attached hydrogen (secondary N) is 1. The van der Waals surface area contributed by atoms with Crippen LogP contribution in [0.4, 0.5) is 0 Å². The van der Waals surface area contributed by atoms with Crippen molar-refractivity contribution in [3.05, 3.63) is 57.8 Å². The highest BCUT2D eigenvalue weighted by Gasteiger charge is 2.24. The highest BCUT2D eigenvalue weighted by atomic mass is 32.1. The summed E-state index contributed by atoms with van der Waals surface area (Å²) in [4.78, 5) is 12.5. The number of amides is 1. The predicted octanol–water partition coefficient (Wildman–Crippen LogP) is 3.97. The van der Waals surface area contributed by atoms with Crippen LogP contribution in [-0.2, 0) is 9.53 Å². The molecular weight excluding hydrogens is 334 g/mol. The average Bonchev–Trinajstić information content (AvgIpc) is 3.28. The fourth-order valence-corrected chi connectivity index (χ4v) is 3.93. The van der Waals surface area contributed by atoms with E-state index in [9.17, 15) is 9.90 Å². The van der Waals surface area contributed by atoms with Crippen molar-refractivity contribution in [2.75, 3.05) is 6.61 Å². The monoisotopic (exact) mass is 359 g/mol. The second-order valence-corrected chi connectivity index (χ2v) is 7.48. The molecule has 2 heterocycles. The van der Waals surface area contributed by atoms with Gasteiger partial charge in [0.05, 0.1) is 18.8 Å². The van der Waals surface area contributed by atoms with Crippen LogP contribution in [0.5, 0.6) is 0 Å². The van der Waals surface area contributed by atoms with Crippen LogP contribution in [-0.4, -0.2) is 23.7 Å². The number of carbonyl (C=O) groups excluding carboxylic acids is 1. The number of aliphatic hydroxyl groups is 1. The van der Waals surface area contributed by atoms with Gasteiger partial charge in [0.2, 0.25) is 5.91 Å². The van der Waals surface area contributed by atoms with Crippen LogP contribution >= 0.6 is 11.3 Å². The van der Waals surface area contributed by atoms with Gasteiger partial charge in [-0.3, -0.25) is 4.79 Å². The number of hydrogen-bond donors (Lipinski definition) is 2. The topological polar surface area (TPSA) is 58.6 Å². The predicted molar refractivity (Wildman–Crippen MR) is 99.6 cm³/mol. The molecule has 2 aromatic rings. The van der Waals surface area contributed by atoms with Crippen molar-refractivity contribution in [2.45, 2.75) is 50.9 Å². The molecule has 1 fully saturated rings. The first-order valence-corrected chi connectivity index (χ1v) is 9.77. The lowest BCUT2D eigenvalue weighted by atomic mass is 10.0. The lowest BCUT2D eigenvalue weighted by molar-refractivity contribution is -0.119. The molecule has 4 nitrogen and oxygen atoms in total. The Morgan fingerprint density at radius 1 is 1.28 bits per heavy atom. The molecule has 0 aliphatic carbocycles. The first-order chi connectivity index (χ1) is 12.2. The fourth-order valence-electron chi connectivity index (χ4n) is 3.13. The third-order valence-corrected chi connectivity index (χ3v) is 5.45. The number of ether oxygens (including phenoxy) is 1. The van der Waals surface area contributed by atoms with Crippen LogP contribution < -0.4 is 5.32 Å². The Kier molecular flexibility index (Phi) is 6.24. The number of carbonyl (C=O) groups is 1. The smallest absolute Gasteiger partial charge is 0.220 e. The lowest BCUT2D eigenvalue weighted by Crippen LogP contribution is -2.30. The number of thiophene rings is 1. The van der Waals surface area contributed by atoms with Crippen molar-refractivity contribution in [3.63, 3.8) is 0 Å². The molecule has 1 aliphatic rings. The van der Waals surface area contributed by atoms with Gasteiger partial charge in [-0.15, -0.1) is 11.3 Å². The van der Waals surface area contributed by atoms with Gasteiger partial charge in [0.15, 0.2) is 0 Å². The highest BCUT2D eigenvalue weighted by Crippen LogP contribution is 2.31. The van der Waals surface area contributed by atoms with E-state index in [0.29, 0.717) is 13.0 Å². The van der Waals surface area contributed by atoms with Crippen LogP contribution in [0.3, 0.4) is 0 Å². The first kappa shape index (κ1) is 18.1. The summed E-state index contributed by atoms with van der Waals surface area (Å²) in [5.41, 5.74) is 2.01. The minimum Gasteiger partial charge on any atom is -0.388 e. The molecule has 5 heteroatoms. The maximum Gasteiger partial charge on any atom is 0.220 e. The van der Waals surface area contributed by atoms with Crippen molar-refractivity contribution < 1.29 is 14.6 Å². The largest absolute Gasteiger partial charge is 0.388 e. The molecule has 1 aromatic carbocycles. The Hall–Kier alpha value is -1.69. The minimum atomic E-state index is -0.408. The molecule has 0 bridgehead atoms. The van der Waals surface area contributed by atoms with E-state index in [2.05, 4.69) is 18.3 Å². The van der Waals surface area contributed by atoms with Gasteiger partial charge in [0.25, 0.3) is 0 Å². The zero-order valence-corrected chi connectivity index (χ0v) is 15.3. The van der Waals surface area contributed by atoms with E-state index in [1.807, 2.05) is 35.7 Å². The van der Waals surface area contributed by atoms with Gasteiger partial charge in [0.1, 0.15) is 6.10 Å². The summed E-state index contributed by atoms with van der Waals surface area (Å²) in [7, 11) is 0. The van der Waals surface area contributed by atoms with E-state index in [-0.39, 0.29) is 18.1 Å².